The van der Waals surface area contributed by atoms with Crippen LogP contribution in [0.3, 0.4) is 0 Å². The standard InChI is InChI=1S/C22H30N2OS2/c1-3-5-7-8-9-10-12-25-21-14-19-18(27-21)13-20(26-19)22-23-15-17(16-24-22)11-6-4-2/h13-16H,3-12H2,1-2H3. The second kappa shape index (κ2) is 10.8. The van der Waals surface area contributed by atoms with Crippen molar-refractivity contribution in [2.45, 2.75) is 71.6 Å². The van der Waals surface area contributed by atoms with Crippen LogP contribution in [0, 0.1) is 0 Å². The molecular formula is C22H30N2OS2. The molecule has 0 aliphatic heterocycles. The molecule has 0 saturated heterocycles. The minimum absolute atomic E-state index is 0.828. The maximum absolute atomic E-state index is 5.95. The van der Waals surface area contributed by atoms with E-state index in [9.17, 15) is 0 Å². The zero-order chi connectivity index (χ0) is 18.9. The van der Waals surface area contributed by atoms with Gasteiger partial charge in [-0.3, -0.25) is 0 Å². The summed E-state index contributed by atoms with van der Waals surface area (Å²) in [5, 5.41) is 1.03. The molecular weight excluding hydrogens is 372 g/mol. The summed E-state index contributed by atoms with van der Waals surface area (Å²) < 4.78 is 8.49. The highest BCUT2D eigenvalue weighted by Gasteiger charge is 2.11. The van der Waals surface area contributed by atoms with Crippen molar-refractivity contribution in [2.24, 2.45) is 0 Å². The minimum atomic E-state index is 0.828. The number of ether oxygens (including phenoxy) is 1. The van der Waals surface area contributed by atoms with Crippen molar-refractivity contribution in [3.63, 3.8) is 0 Å². The largest absolute Gasteiger partial charge is 0.484 e. The van der Waals surface area contributed by atoms with E-state index in [4.69, 9.17) is 4.74 Å². The molecule has 0 atom stereocenters. The van der Waals surface area contributed by atoms with Crippen LogP contribution in [0.25, 0.3) is 20.1 Å². The van der Waals surface area contributed by atoms with E-state index in [1.165, 1.54) is 59.9 Å². The third-order valence-corrected chi connectivity index (χ3v) is 6.87. The van der Waals surface area contributed by atoms with E-state index in [1.807, 2.05) is 12.4 Å². The molecule has 0 aliphatic rings. The fraction of sp³-hybridized carbons (Fsp3) is 0.545. The molecule has 0 N–H and O–H groups in total. The molecule has 0 amide bonds. The minimum Gasteiger partial charge on any atom is -0.484 e. The van der Waals surface area contributed by atoms with Crippen LogP contribution in [0.5, 0.6) is 5.06 Å². The summed E-state index contributed by atoms with van der Waals surface area (Å²) >= 11 is 3.48. The van der Waals surface area contributed by atoms with Crippen molar-refractivity contribution < 1.29 is 4.74 Å². The number of hydrogen-bond acceptors (Lipinski definition) is 5. The van der Waals surface area contributed by atoms with Crippen LogP contribution in [0.2, 0.25) is 0 Å². The zero-order valence-electron chi connectivity index (χ0n) is 16.5. The molecule has 146 valence electrons. The fourth-order valence-electron chi connectivity index (χ4n) is 3.04. The normalized spacial score (nSPS) is 11.3. The molecule has 0 saturated carbocycles. The molecule has 0 unspecified atom stereocenters. The predicted molar refractivity (Wildman–Crippen MR) is 118 cm³/mol. The average molecular weight is 403 g/mol. The van der Waals surface area contributed by atoms with Crippen LogP contribution in [0.4, 0.5) is 0 Å². The third-order valence-electron chi connectivity index (χ3n) is 4.67. The molecule has 3 aromatic rings. The highest BCUT2D eigenvalue weighted by molar-refractivity contribution is 7.30. The Morgan fingerprint density at radius 2 is 1.52 bits per heavy atom. The molecule has 0 aliphatic carbocycles. The SMILES string of the molecule is CCCCCCCCOc1cc2sc(-c3ncc(CCCC)cn3)cc2s1. The first kappa shape index (κ1) is 20.3. The van der Waals surface area contributed by atoms with Gasteiger partial charge in [-0.15, -0.1) is 11.3 Å². The van der Waals surface area contributed by atoms with Gasteiger partial charge in [0.15, 0.2) is 10.9 Å². The van der Waals surface area contributed by atoms with E-state index in [0.29, 0.717) is 0 Å². The van der Waals surface area contributed by atoms with E-state index in [2.05, 4.69) is 35.9 Å². The van der Waals surface area contributed by atoms with Crippen molar-refractivity contribution in [3.05, 3.63) is 30.1 Å². The second-order valence-electron chi connectivity index (χ2n) is 7.04. The van der Waals surface area contributed by atoms with E-state index in [1.54, 1.807) is 22.7 Å². The lowest BCUT2D eigenvalue weighted by Gasteiger charge is -2.03. The monoisotopic (exact) mass is 402 g/mol. The van der Waals surface area contributed by atoms with Gasteiger partial charge in [-0.25, -0.2) is 9.97 Å². The smallest absolute Gasteiger partial charge is 0.175 e. The quantitative estimate of drug-likeness (QED) is 0.294. The zero-order valence-corrected chi connectivity index (χ0v) is 18.1. The van der Waals surface area contributed by atoms with Gasteiger partial charge in [-0.05, 0) is 30.9 Å². The number of fused-ring (bicyclic) bond motifs is 1. The molecule has 0 aromatic carbocycles. The first-order chi connectivity index (χ1) is 13.3. The molecule has 0 spiro atoms. The second-order valence-corrected chi connectivity index (χ2v) is 9.17. The average Bonchev–Trinajstić information content (AvgIpc) is 3.25. The number of unbranched alkanes of at least 4 members (excludes halogenated alkanes) is 6. The van der Waals surface area contributed by atoms with Crippen LogP contribution in [-0.2, 0) is 6.42 Å². The summed E-state index contributed by atoms with van der Waals surface area (Å²) in [6.07, 6.45) is 15.2. The topological polar surface area (TPSA) is 35.0 Å². The summed E-state index contributed by atoms with van der Waals surface area (Å²) in [7, 11) is 0. The van der Waals surface area contributed by atoms with Gasteiger partial charge < -0.3 is 4.74 Å². The Bertz CT molecular complexity index is 776. The van der Waals surface area contributed by atoms with Gasteiger partial charge in [-0.1, -0.05) is 63.7 Å². The molecule has 3 heterocycles. The van der Waals surface area contributed by atoms with E-state index >= 15 is 0 Å². The number of thiophene rings is 2. The van der Waals surface area contributed by atoms with Gasteiger partial charge in [0.1, 0.15) is 0 Å². The summed E-state index contributed by atoms with van der Waals surface area (Å²) in [6.45, 7) is 5.29. The number of hydrogen-bond donors (Lipinski definition) is 0. The highest BCUT2D eigenvalue weighted by atomic mass is 32.1. The summed E-state index contributed by atoms with van der Waals surface area (Å²) in [5.41, 5.74) is 1.23. The van der Waals surface area contributed by atoms with E-state index < -0.39 is 0 Å². The maximum Gasteiger partial charge on any atom is 0.175 e. The molecule has 3 nitrogen and oxygen atoms in total. The third kappa shape index (κ3) is 6.01. The first-order valence-electron chi connectivity index (χ1n) is 10.3. The predicted octanol–water partition coefficient (Wildman–Crippen LogP) is 7.50. The van der Waals surface area contributed by atoms with Crippen molar-refractivity contribution in [2.75, 3.05) is 6.61 Å². The van der Waals surface area contributed by atoms with Crippen LogP contribution < -0.4 is 4.74 Å². The van der Waals surface area contributed by atoms with Gasteiger partial charge in [0.2, 0.25) is 0 Å². The van der Waals surface area contributed by atoms with E-state index in [-0.39, 0.29) is 0 Å². The van der Waals surface area contributed by atoms with Crippen LogP contribution in [-0.4, -0.2) is 16.6 Å². The molecule has 27 heavy (non-hydrogen) atoms. The lowest BCUT2D eigenvalue weighted by molar-refractivity contribution is 0.313. The Balaban J connectivity index is 1.51. The Morgan fingerprint density at radius 1 is 0.815 bits per heavy atom. The lowest BCUT2D eigenvalue weighted by Crippen LogP contribution is -1.95. The molecule has 5 heteroatoms. The lowest BCUT2D eigenvalue weighted by atomic mass is 10.1. The number of aryl methyl sites for hydroxylation is 1. The highest BCUT2D eigenvalue weighted by Crippen LogP contribution is 2.40. The van der Waals surface area contributed by atoms with Crippen LogP contribution in [0.15, 0.2) is 24.5 Å². The Kier molecular flexibility index (Phi) is 8.09. The van der Waals surface area contributed by atoms with Gasteiger partial charge in [0, 0.05) is 27.9 Å². The molecule has 0 bridgehead atoms. The van der Waals surface area contributed by atoms with Gasteiger partial charge >= 0.3 is 0 Å². The van der Waals surface area contributed by atoms with Crippen LogP contribution >= 0.6 is 22.7 Å². The van der Waals surface area contributed by atoms with Gasteiger partial charge in [-0.2, -0.15) is 0 Å². The van der Waals surface area contributed by atoms with Crippen molar-refractivity contribution in [1.82, 2.24) is 9.97 Å². The van der Waals surface area contributed by atoms with Crippen molar-refractivity contribution >= 4 is 32.1 Å². The Hall–Kier alpha value is -1.46. The molecule has 3 rings (SSSR count). The van der Waals surface area contributed by atoms with Crippen molar-refractivity contribution in [1.29, 1.82) is 0 Å². The maximum atomic E-state index is 5.95. The number of nitrogens with zero attached hydrogens (tertiary/aromatic N) is 2. The van der Waals surface area contributed by atoms with Crippen molar-refractivity contribution in [3.8, 4) is 15.8 Å². The molecule has 0 radical (unpaired) electrons. The molecule has 3 aromatic heterocycles. The summed E-state index contributed by atoms with van der Waals surface area (Å²) in [4.78, 5) is 10.3. The summed E-state index contributed by atoms with van der Waals surface area (Å²) in [5.74, 6) is 0.832. The fourth-order valence-corrected chi connectivity index (χ4v) is 5.25. The number of aromatic nitrogens is 2. The number of rotatable bonds is 12. The van der Waals surface area contributed by atoms with Gasteiger partial charge in [0.05, 0.1) is 11.5 Å². The molecule has 0 fully saturated rings. The van der Waals surface area contributed by atoms with E-state index in [0.717, 1.165) is 35.2 Å². The summed E-state index contributed by atoms with van der Waals surface area (Å²) in [6, 6.07) is 4.37. The van der Waals surface area contributed by atoms with Gasteiger partial charge in [0.25, 0.3) is 0 Å². The Labute approximate surface area is 170 Å². The first-order valence-corrected chi connectivity index (χ1v) is 11.9. The van der Waals surface area contributed by atoms with Crippen LogP contribution in [0.1, 0.15) is 70.8 Å². The Morgan fingerprint density at radius 3 is 2.26 bits per heavy atom.